The van der Waals surface area contributed by atoms with Gasteiger partial charge in [-0.1, -0.05) is 11.6 Å². The highest BCUT2D eigenvalue weighted by atomic mass is 35.5. The van der Waals surface area contributed by atoms with Crippen molar-refractivity contribution < 1.29 is 13.2 Å². The predicted octanol–water partition coefficient (Wildman–Crippen LogP) is 1.88. The zero-order chi connectivity index (χ0) is 12.5. The van der Waals surface area contributed by atoms with Gasteiger partial charge in [-0.2, -0.15) is 4.31 Å². The average molecular weight is 276 g/mol. The molecule has 4 nitrogen and oxygen atoms in total. The Kier molecular flexibility index (Phi) is 3.61. The predicted molar refractivity (Wildman–Crippen MR) is 66.8 cm³/mol. The van der Waals surface area contributed by atoms with Gasteiger partial charge in [-0.05, 0) is 24.6 Å². The molecular weight excluding hydrogens is 262 g/mol. The van der Waals surface area contributed by atoms with Crippen LogP contribution in [0.4, 0.5) is 0 Å². The lowest BCUT2D eigenvalue weighted by molar-refractivity contribution is 0.391. The van der Waals surface area contributed by atoms with Gasteiger partial charge >= 0.3 is 0 Å². The van der Waals surface area contributed by atoms with Gasteiger partial charge in [0.05, 0.1) is 12.9 Å². The fourth-order valence-electron chi connectivity index (χ4n) is 1.93. The Balaban J connectivity index is 2.26. The molecule has 0 aliphatic carbocycles. The van der Waals surface area contributed by atoms with Gasteiger partial charge < -0.3 is 4.74 Å². The minimum atomic E-state index is -3.09. The molecule has 1 aliphatic rings. The molecule has 0 unspecified atom stereocenters. The molecule has 1 saturated heterocycles. The van der Waals surface area contributed by atoms with Crippen LogP contribution in [0.1, 0.15) is 12.0 Å². The van der Waals surface area contributed by atoms with Crippen molar-refractivity contribution in [2.24, 2.45) is 0 Å². The van der Waals surface area contributed by atoms with Gasteiger partial charge in [-0.15, -0.1) is 0 Å². The molecule has 1 fully saturated rings. The molecule has 0 spiro atoms. The summed E-state index contributed by atoms with van der Waals surface area (Å²) in [5, 5.41) is 0.581. The van der Waals surface area contributed by atoms with Crippen LogP contribution in [0.3, 0.4) is 0 Å². The second-order valence-corrected chi connectivity index (χ2v) is 6.48. The minimum Gasteiger partial charge on any atom is -0.496 e. The number of sulfonamides is 1. The fourth-order valence-corrected chi connectivity index (χ4v) is 3.62. The number of benzene rings is 1. The standard InChI is InChI=1S/C11H14ClNO3S/c1-16-11-4-3-10(12)7-9(11)8-13-5-2-6-17(13,14)15/h3-4,7H,2,5-6,8H2,1H3. The molecule has 0 atom stereocenters. The first-order valence-corrected chi connectivity index (χ1v) is 7.32. The van der Waals surface area contributed by atoms with E-state index in [4.69, 9.17) is 16.3 Å². The Hall–Kier alpha value is -0.780. The summed E-state index contributed by atoms with van der Waals surface area (Å²) < 4.78 is 30.1. The molecule has 1 heterocycles. The Morgan fingerprint density at radius 1 is 1.47 bits per heavy atom. The zero-order valence-corrected chi connectivity index (χ0v) is 11.1. The summed E-state index contributed by atoms with van der Waals surface area (Å²) in [6, 6.07) is 5.22. The lowest BCUT2D eigenvalue weighted by atomic mass is 10.2. The van der Waals surface area contributed by atoms with Crippen molar-refractivity contribution in [2.45, 2.75) is 13.0 Å². The first-order chi connectivity index (χ1) is 8.03. The van der Waals surface area contributed by atoms with E-state index in [1.165, 1.54) is 4.31 Å². The Morgan fingerprint density at radius 2 is 2.24 bits per heavy atom. The molecule has 6 heteroatoms. The summed E-state index contributed by atoms with van der Waals surface area (Å²) in [5.74, 6) is 0.895. The number of nitrogens with zero attached hydrogens (tertiary/aromatic N) is 1. The maximum Gasteiger partial charge on any atom is 0.214 e. The summed E-state index contributed by atoms with van der Waals surface area (Å²) in [6.07, 6.45) is 0.686. The number of methoxy groups -OCH3 is 1. The number of ether oxygens (including phenoxy) is 1. The lowest BCUT2D eigenvalue weighted by Crippen LogP contribution is -2.25. The number of hydrogen-bond acceptors (Lipinski definition) is 3. The van der Waals surface area contributed by atoms with Crippen LogP contribution < -0.4 is 4.74 Å². The second-order valence-electron chi connectivity index (χ2n) is 3.96. The van der Waals surface area contributed by atoms with E-state index < -0.39 is 10.0 Å². The van der Waals surface area contributed by atoms with Gasteiger partial charge in [0.25, 0.3) is 0 Å². The highest BCUT2D eigenvalue weighted by Crippen LogP contribution is 2.26. The smallest absolute Gasteiger partial charge is 0.214 e. The van der Waals surface area contributed by atoms with Gasteiger partial charge in [-0.25, -0.2) is 8.42 Å². The van der Waals surface area contributed by atoms with E-state index >= 15 is 0 Å². The molecule has 0 amide bonds. The van der Waals surface area contributed by atoms with Crippen LogP contribution in [-0.2, 0) is 16.6 Å². The highest BCUT2D eigenvalue weighted by Gasteiger charge is 2.28. The van der Waals surface area contributed by atoms with Gasteiger partial charge in [0.15, 0.2) is 0 Å². The second kappa shape index (κ2) is 4.84. The Labute approximate surface area is 106 Å². The molecule has 0 aromatic heterocycles. The zero-order valence-electron chi connectivity index (χ0n) is 9.52. The fraction of sp³-hybridized carbons (Fsp3) is 0.455. The number of hydrogen-bond donors (Lipinski definition) is 0. The number of halogens is 1. The van der Waals surface area contributed by atoms with Crippen LogP contribution in [0, 0.1) is 0 Å². The van der Waals surface area contributed by atoms with Crippen molar-refractivity contribution >= 4 is 21.6 Å². The Morgan fingerprint density at radius 3 is 2.82 bits per heavy atom. The van der Waals surface area contributed by atoms with E-state index in [1.807, 2.05) is 0 Å². The van der Waals surface area contributed by atoms with E-state index in [0.717, 1.165) is 5.56 Å². The quantitative estimate of drug-likeness (QED) is 0.846. The topological polar surface area (TPSA) is 46.6 Å². The van der Waals surface area contributed by atoms with Crippen molar-refractivity contribution in [1.29, 1.82) is 0 Å². The highest BCUT2D eigenvalue weighted by molar-refractivity contribution is 7.89. The van der Waals surface area contributed by atoms with Crippen LogP contribution >= 0.6 is 11.6 Å². The van der Waals surface area contributed by atoms with Crippen molar-refractivity contribution in [3.8, 4) is 5.75 Å². The molecule has 1 aromatic rings. The minimum absolute atomic E-state index is 0.232. The molecular formula is C11H14ClNO3S. The van der Waals surface area contributed by atoms with Crippen molar-refractivity contribution in [3.63, 3.8) is 0 Å². The molecule has 0 bridgehead atoms. The maximum atomic E-state index is 11.7. The van der Waals surface area contributed by atoms with Crippen molar-refractivity contribution in [2.75, 3.05) is 19.4 Å². The van der Waals surface area contributed by atoms with Gasteiger partial charge in [-0.3, -0.25) is 0 Å². The van der Waals surface area contributed by atoms with Crippen LogP contribution in [0.15, 0.2) is 18.2 Å². The van der Waals surface area contributed by atoms with Crippen molar-refractivity contribution in [1.82, 2.24) is 4.31 Å². The van der Waals surface area contributed by atoms with Gasteiger partial charge in [0.1, 0.15) is 5.75 Å². The van der Waals surface area contributed by atoms with E-state index in [0.29, 0.717) is 30.3 Å². The summed E-state index contributed by atoms with van der Waals surface area (Å²) in [4.78, 5) is 0. The summed E-state index contributed by atoms with van der Waals surface area (Å²) >= 11 is 5.91. The molecule has 1 aromatic carbocycles. The van der Waals surface area contributed by atoms with E-state index in [9.17, 15) is 8.42 Å². The molecule has 94 valence electrons. The SMILES string of the molecule is COc1ccc(Cl)cc1CN1CCCS1(=O)=O. The lowest BCUT2D eigenvalue weighted by Gasteiger charge is -2.16. The van der Waals surface area contributed by atoms with Crippen LogP contribution in [-0.4, -0.2) is 32.1 Å². The third-order valence-electron chi connectivity index (χ3n) is 2.79. The summed E-state index contributed by atoms with van der Waals surface area (Å²) in [7, 11) is -1.53. The average Bonchev–Trinajstić information content (AvgIpc) is 2.59. The van der Waals surface area contributed by atoms with E-state index in [2.05, 4.69) is 0 Å². The third kappa shape index (κ3) is 2.73. The first-order valence-electron chi connectivity index (χ1n) is 5.33. The van der Waals surface area contributed by atoms with Gasteiger partial charge in [0, 0.05) is 23.7 Å². The molecule has 0 radical (unpaired) electrons. The van der Waals surface area contributed by atoms with E-state index in [-0.39, 0.29) is 5.75 Å². The maximum absolute atomic E-state index is 11.7. The van der Waals surface area contributed by atoms with Gasteiger partial charge in [0.2, 0.25) is 10.0 Å². The summed E-state index contributed by atoms with van der Waals surface area (Å²) in [6.45, 7) is 0.893. The molecule has 0 N–H and O–H groups in total. The monoisotopic (exact) mass is 275 g/mol. The van der Waals surface area contributed by atoms with Crippen LogP contribution in [0.2, 0.25) is 5.02 Å². The van der Waals surface area contributed by atoms with E-state index in [1.54, 1.807) is 25.3 Å². The van der Waals surface area contributed by atoms with Crippen LogP contribution in [0.5, 0.6) is 5.75 Å². The normalized spacial score (nSPS) is 19.4. The molecule has 1 aliphatic heterocycles. The van der Waals surface area contributed by atoms with Crippen LogP contribution in [0.25, 0.3) is 0 Å². The number of rotatable bonds is 3. The Bertz CT molecular complexity index is 515. The third-order valence-corrected chi connectivity index (χ3v) is 4.93. The van der Waals surface area contributed by atoms with Crippen molar-refractivity contribution in [3.05, 3.63) is 28.8 Å². The largest absolute Gasteiger partial charge is 0.496 e. The molecule has 2 rings (SSSR count). The molecule has 0 saturated carbocycles. The summed E-state index contributed by atoms with van der Waals surface area (Å²) in [5.41, 5.74) is 0.797. The first kappa shape index (κ1) is 12.7. The molecule has 17 heavy (non-hydrogen) atoms.